The van der Waals surface area contributed by atoms with Crippen molar-refractivity contribution in [2.24, 2.45) is 11.5 Å². The van der Waals surface area contributed by atoms with Gasteiger partial charge in [0, 0.05) is 12.7 Å². The number of aromatic nitrogens is 2. The zero-order valence-corrected chi connectivity index (χ0v) is 8.93. The summed E-state index contributed by atoms with van der Waals surface area (Å²) in [7, 11) is 0. The minimum atomic E-state index is -0.658. The molecule has 5 nitrogen and oxygen atoms in total. The Balaban J connectivity index is 2.55. The van der Waals surface area contributed by atoms with E-state index < -0.39 is 11.7 Å². The third-order valence-corrected chi connectivity index (χ3v) is 2.36. The van der Waals surface area contributed by atoms with Gasteiger partial charge in [0.25, 0.3) is 5.91 Å². The van der Waals surface area contributed by atoms with Gasteiger partial charge in [-0.2, -0.15) is 5.10 Å². The van der Waals surface area contributed by atoms with Crippen LogP contribution in [0.5, 0.6) is 0 Å². The minimum Gasteiger partial charge on any atom is -0.364 e. The lowest BCUT2D eigenvalue weighted by molar-refractivity contribution is 0.0995. The van der Waals surface area contributed by atoms with Crippen molar-refractivity contribution < 1.29 is 9.18 Å². The van der Waals surface area contributed by atoms with Gasteiger partial charge in [-0.25, -0.2) is 9.07 Å². The number of rotatable bonds is 3. The second kappa shape index (κ2) is 4.34. The van der Waals surface area contributed by atoms with Crippen LogP contribution in [0.4, 0.5) is 4.39 Å². The maximum atomic E-state index is 13.7. The summed E-state index contributed by atoms with van der Waals surface area (Å²) in [6.45, 7) is 0.179. The first-order valence-corrected chi connectivity index (χ1v) is 4.97. The lowest BCUT2D eigenvalue weighted by atomic mass is 10.1. The third-order valence-electron chi connectivity index (χ3n) is 2.36. The second-order valence-electron chi connectivity index (χ2n) is 3.46. The number of hydrogen-bond donors (Lipinski definition) is 2. The normalized spacial score (nSPS) is 10.5. The van der Waals surface area contributed by atoms with Crippen molar-refractivity contribution in [3.8, 4) is 5.69 Å². The number of para-hydroxylation sites is 1. The fourth-order valence-electron chi connectivity index (χ4n) is 1.56. The van der Waals surface area contributed by atoms with E-state index in [0.717, 1.165) is 0 Å². The van der Waals surface area contributed by atoms with Crippen LogP contribution in [0.1, 0.15) is 16.1 Å². The SMILES string of the molecule is NCc1cccc(F)c1-n1ccc(C(N)=O)n1. The standard InChI is InChI=1S/C11H11FN4O/c12-8-3-1-2-7(6-13)10(8)16-5-4-9(15-16)11(14)17/h1-5H,6,13H2,(H2,14,17). The van der Waals surface area contributed by atoms with Crippen LogP contribution < -0.4 is 11.5 Å². The van der Waals surface area contributed by atoms with Crippen molar-refractivity contribution in [3.05, 3.63) is 47.5 Å². The van der Waals surface area contributed by atoms with E-state index in [9.17, 15) is 9.18 Å². The highest BCUT2D eigenvalue weighted by Gasteiger charge is 2.12. The summed E-state index contributed by atoms with van der Waals surface area (Å²) < 4.78 is 15.0. The first kappa shape index (κ1) is 11.3. The number of amides is 1. The molecule has 0 spiro atoms. The van der Waals surface area contributed by atoms with E-state index in [1.54, 1.807) is 12.1 Å². The topological polar surface area (TPSA) is 86.9 Å². The van der Waals surface area contributed by atoms with Gasteiger partial charge in [-0.3, -0.25) is 4.79 Å². The molecule has 88 valence electrons. The van der Waals surface area contributed by atoms with Crippen LogP contribution in [0.2, 0.25) is 0 Å². The van der Waals surface area contributed by atoms with Crippen molar-refractivity contribution >= 4 is 5.91 Å². The van der Waals surface area contributed by atoms with Crippen molar-refractivity contribution in [3.63, 3.8) is 0 Å². The van der Waals surface area contributed by atoms with E-state index >= 15 is 0 Å². The van der Waals surface area contributed by atoms with E-state index in [4.69, 9.17) is 11.5 Å². The van der Waals surface area contributed by atoms with Crippen molar-refractivity contribution in [1.82, 2.24) is 9.78 Å². The van der Waals surface area contributed by atoms with Gasteiger partial charge in [-0.15, -0.1) is 0 Å². The monoisotopic (exact) mass is 234 g/mol. The summed E-state index contributed by atoms with van der Waals surface area (Å²) in [6, 6.07) is 6.00. The zero-order valence-electron chi connectivity index (χ0n) is 8.93. The molecule has 0 saturated heterocycles. The molecule has 0 atom stereocenters. The smallest absolute Gasteiger partial charge is 0.269 e. The number of halogens is 1. The quantitative estimate of drug-likeness (QED) is 0.813. The molecule has 0 aliphatic carbocycles. The van der Waals surface area contributed by atoms with Crippen molar-refractivity contribution in [2.45, 2.75) is 6.54 Å². The maximum Gasteiger partial charge on any atom is 0.269 e. The van der Waals surface area contributed by atoms with E-state index in [1.165, 1.54) is 23.0 Å². The molecule has 0 aliphatic rings. The Morgan fingerprint density at radius 2 is 2.18 bits per heavy atom. The molecule has 0 unspecified atom stereocenters. The molecule has 1 heterocycles. The minimum absolute atomic E-state index is 0.0798. The lowest BCUT2D eigenvalue weighted by Gasteiger charge is -2.08. The van der Waals surface area contributed by atoms with E-state index in [2.05, 4.69) is 5.10 Å². The summed E-state index contributed by atoms with van der Waals surface area (Å²) in [6.07, 6.45) is 1.47. The highest BCUT2D eigenvalue weighted by Crippen LogP contribution is 2.17. The van der Waals surface area contributed by atoms with Crippen LogP contribution >= 0.6 is 0 Å². The molecule has 2 rings (SSSR count). The van der Waals surface area contributed by atoms with Gasteiger partial charge in [-0.1, -0.05) is 12.1 Å². The van der Waals surface area contributed by atoms with Gasteiger partial charge >= 0.3 is 0 Å². The number of nitrogens with zero attached hydrogens (tertiary/aromatic N) is 2. The predicted octanol–water partition coefficient (Wildman–Crippen LogP) is 0.569. The van der Waals surface area contributed by atoms with E-state index in [-0.39, 0.29) is 17.9 Å². The summed E-state index contributed by atoms with van der Waals surface area (Å²) in [5.74, 6) is -1.11. The second-order valence-corrected chi connectivity index (χ2v) is 3.46. The highest BCUT2D eigenvalue weighted by molar-refractivity contribution is 5.90. The summed E-state index contributed by atoms with van der Waals surface area (Å²) in [4.78, 5) is 10.9. The molecule has 0 radical (unpaired) electrons. The van der Waals surface area contributed by atoms with Crippen LogP contribution in [-0.2, 0) is 6.54 Å². The van der Waals surface area contributed by atoms with E-state index in [0.29, 0.717) is 5.56 Å². The fraction of sp³-hybridized carbons (Fsp3) is 0.0909. The molecule has 0 aliphatic heterocycles. The molecule has 0 fully saturated rings. The molecule has 4 N–H and O–H groups in total. The highest BCUT2D eigenvalue weighted by atomic mass is 19.1. The number of nitrogens with two attached hydrogens (primary N) is 2. The third kappa shape index (κ3) is 2.02. The molecule has 1 aromatic carbocycles. The number of hydrogen-bond acceptors (Lipinski definition) is 3. The van der Waals surface area contributed by atoms with Gasteiger partial charge in [0.1, 0.15) is 17.2 Å². The zero-order chi connectivity index (χ0) is 12.4. The molecule has 1 amide bonds. The van der Waals surface area contributed by atoms with Gasteiger partial charge in [0.15, 0.2) is 0 Å². The molecule has 17 heavy (non-hydrogen) atoms. The Morgan fingerprint density at radius 3 is 2.76 bits per heavy atom. The first-order chi connectivity index (χ1) is 8.13. The Bertz CT molecular complexity index is 564. The largest absolute Gasteiger partial charge is 0.364 e. The summed E-state index contributed by atoms with van der Waals surface area (Å²) in [5.41, 5.74) is 11.5. The van der Waals surface area contributed by atoms with Gasteiger partial charge in [-0.05, 0) is 17.7 Å². The molecular weight excluding hydrogens is 223 g/mol. The first-order valence-electron chi connectivity index (χ1n) is 4.97. The Kier molecular flexibility index (Phi) is 2.88. The van der Waals surface area contributed by atoms with Crippen LogP contribution in [0.25, 0.3) is 5.69 Å². The van der Waals surface area contributed by atoms with Crippen molar-refractivity contribution in [2.75, 3.05) is 0 Å². The Hall–Kier alpha value is -2.21. The summed E-state index contributed by atoms with van der Waals surface area (Å²) in [5, 5.41) is 3.90. The van der Waals surface area contributed by atoms with Crippen LogP contribution in [-0.4, -0.2) is 15.7 Å². The fourth-order valence-corrected chi connectivity index (χ4v) is 1.56. The number of carbonyl (C=O) groups is 1. The lowest BCUT2D eigenvalue weighted by Crippen LogP contribution is -2.13. The van der Waals surface area contributed by atoms with Gasteiger partial charge < -0.3 is 11.5 Å². The Labute approximate surface area is 96.8 Å². The molecule has 0 bridgehead atoms. The maximum absolute atomic E-state index is 13.7. The van der Waals surface area contributed by atoms with E-state index in [1.807, 2.05) is 0 Å². The molecule has 2 aromatic rings. The molecular formula is C11H11FN4O. The van der Waals surface area contributed by atoms with Crippen LogP contribution in [0.3, 0.4) is 0 Å². The molecule has 6 heteroatoms. The van der Waals surface area contributed by atoms with Gasteiger partial charge in [0.05, 0.1) is 0 Å². The number of carbonyl (C=O) groups excluding carboxylic acids is 1. The number of primary amides is 1. The Morgan fingerprint density at radius 1 is 1.41 bits per heavy atom. The predicted molar refractivity (Wildman–Crippen MR) is 59.9 cm³/mol. The molecule has 0 saturated carbocycles. The average Bonchev–Trinajstić information content (AvgIpc) is 2.77. The van der Waals surface area contributed by atoms with Gasteiger partial charge in [0.2, 0.25) is 0 Å². The van der Waals surface area contributed by atoms with Crippen LogP contribution in [0, 0.1) is 5.82 Å². The van der Waals surface area contributed by atoms with Crippen molar-refractivity contribution in [1.29, 1.82) is 0 Å². The number of benzene rings is 1. The molecule has 1 aromatic heterocycles. The van der Waals surface area contributed by atoms with Crippen LogP contribution in [0.15, 0.2) is 30.5 Å². The average molecular weight is 234 g/mol. The summed E-state index contributed by atoms with van der Waals surface area (Å²) >= 11 is 0.